The predicted molar refractivity (Wildman–Crippen MR) is 87.4 cm³/mol. The minimum absolute atomic E-state index is 0.351. The van der Waals surface area contributed by atoms with Gasteiger partial charge in [0.2, 0.25) is 0 Å². The molecule has 1 aromatic carbocycles. The maximum atomic E-state index is 6.23. The Labute approximate surface area is 132 Å². The normalized spacial score (nSPS) is 10.8. The van der Waals surface area contributed by atoms with Crippen LogP contribution in [0.25, 0.3) is 22.5 Å². The number of aromatic nitrogens is 1. The molecule has 96 valence electrons. The molecule has 0 atom stereocenters. The zero-order valence-corrected chi connectivity index (χ0v) is 13.3. The Balaban J connectivity index is 2.22. The quantitative estimate of drug-likeness (QED) is 0.620. The van der Waals surface area contributed by atoms with E-state index >= 15 is 0 Å². The average molecular weight is 403 g/mol. The Morgan fingerprint density at radius 1 is 1.32 bits per heavy atom. The summed E-state index contributed by atoms with van der Waals surface area (Å²) in [7, 11) is 0. The molecule has 2 heterocycles. The Bertz CT molecular complexity index is 738. The van der Waals surface area contributed by atoms with E-state index < -0.39 is 0 Å². The topological polar surface area (TPSA) is 52.0 Å². The molecule has 3 nitrogen and oxygen atoms in total. The van der Waals surface area contributed by atoms with Crippen LogP contribution in [-0.2, 0) is 0 Å². The summed E-state index contributed by atoms with van der Waals surface area (Å²) in [4.78, 5) is 0. The standard InChI is InChI=1S/C13H8ClIN2OS/c14-9-4-2-1-3-8(9)11-12(18-17-13(11)16)7-5-10(15)19-6-7/h1-6H,(H2,16,17). The summed E-state index contributed by atoms with van der Waals surface area (Å²) in [6, 6.07) is 9.56. The van der Waals surface area contributed by atoms with Crippen molar-refractivity contribution in [1.29, 1.82) is 0 Å². The fourth-order valence-corrected chi connectivity index (χ4v) is 3.41. The molecule has 0 spiro atoms. The van der Waals surface area contributed by atoms with Gasteiger partial charge in [-0.15, -0.1) is 11.3 Å². The summed E-state index contributed by atoms with van der Waals surface area (Å²) in [5.74, 6) is 1.01. The van der Waals surface area contributed by atoms with Crippen LogP contribution in [0.3, 0.4) is 0 Å². The second-order valence-corrected chi connectivity index (χ2v) is 7.10. The van der Waals surface area contributed by atoms with E-state index in [1.165, 1.54) is 2.88 Å². The van der Waals surface area contributed by atoms with E-state index in [-0.39, 0.29) is 0 Å². The van der Waals surface area contributed by atoms with Crippen LogP contribution in [0.15, 0.2) is 40.2 Å². The summed E-state index contributed by atoms with van der Waals surface area (Å²) in [5.41, 5.74) is 8.47. The fraction of sp³-hybridized carbons (Fsp3) is 0. The molecule has 2 aromatic heterocycles. The van der Waals surface area contributed by atoms with E-state index in [1.807, 2.05) is 35.7 Å². The van der Waals surface area contributed by atoms with Crippen molar-refractivity contribution >= 4 is 51.3 Å². The third-order valence-electron chi connectivity index (χ3n) is 2.69. The second kappa shape index (κ2) is 5.15. The lowest BCUT2D eigenvalue weighted by Crippen LogP contribution is -1.89. The van der Waals surface area contributed by atoms with Crippen LogP contribution in [-0.4, -0.2) is 5.16 Å². The number of benzene rings is 1. The third-order valence-corrected chi connectivity index (χ3v) is 4.81. The van der Waals surface area contributed by atoms with Gasteiger partial charge in [-0.05, 0) is 34.7 Å². The molecule has 0 saturated carbocycles. The highest BCUT2D eigenvalue weighted by atomic mass is 127. The molecule has 0 aliphatic carbocycles. The lowest BCUT2D eigenvalue weighted by molar-refractivity contribution is 0.436. The van der Waals surface area contributed by atoms with E-state index in [1.54, 1.807) is 11.3 Å². The van der Waals surface area contributed by atoms with Gasteiger partial charge in [-0.1, -0.05) is 35.0 Å². The van der Waals surface area contributed by atoms with Gasteiger partial charge < -0.3 is 10.3 Å². The zero-order valence-electron chi connectivity index (χ0n) is 9.56. The van der Waals surface area contributed by atoms with Gasteiger partial charge in [-0.25, -0.2) is 0 Å². The highest BCUT2D eigenvalue weighted by molar-refractivity contribution is 14.1. The molecule has 0 bridgehead atoms. The number of rotatable bonds is 2. The maximum absolute atomic E-state index is 6.23. The number of nitrogens with two attached hydrogens (primary N) is 1. The van der Waals surface area contributed by atoms with Gasteiger partial charge >= 0.3 is 0 Å². The van der Waals surface area contributed by atoms with E-state index in [4.69, 9.17) is 21.9 Å². The first-order valence-electron chi connectivity index (χ1n) is 5.41. The molecule has 3 rings (SSSR count). The smallest absolute Gasteiger partial charge is 0.177 e. The Morgan fingerprint density at radius 2 is 2.11 bits per heavy atom. The van der Waals surface area contributed by atoms with E-state index in [0.717, 1.165) is 16.7 Å². The van der Waals surface area contributed by atoms with Crippen molar-refractivity contribution < 1.29 is 4.52 Å². The van der Waals surface area contributed by atoms with Crippen molar-refractivity contribution in [3.8, 4) is 22.5 Å². The maximum Gasteiger partial charge on any atom is 0.177 e. The van der Waals surface area contributed by atoms with Crippen LogP contribution in [0, 0.1) is 2.88 Å². The number of anilines is 1. The van der Waals surface area contributed by atoms with Crippen LogP contribution in [0.1, 0.15) is 0 Å². The third kappa shape index (κ3) is 2.37. The van der Waals surface area contributed by atoms with E-state index in [9.17, 15) is 0 Å². The van der Waals surface area contributed by atoms with Gasteiger partial charge in [0.15, 0.2) is 11.6 Å². The molecule has 0 unspecified atom stereocenters. The highest BCUT2D eigenvalue weighted by Crippen LogP contribution is 2.40. The Morgan fingerprint density at radius 3 is 2.79 bits per heavy atom. The molecule has 2 N–H and O–H groups in total. The van der Waals surface area contributed by atoms with Crippen LogP contribution in [0.4, 0.5) is 5.82 Å². The van der Waals surface area contributed by atoms with Crippen LogP contribution in [0.5, 0.6) is 0 Å². The van der Waals surface area contributed by atoms with Gasteiger partial charge in [-0.2, -0.15) is 0 Å². The summed E-state index contributed by atoms with van der Waals surface area (Å²) >= 11 is 10.1. The van der Waals surface area contributed by atoms with Gasteiger partial charge in [0.1, 0.15) is 0 Å². The summed E-state index contributed by atoms with van der Waals surface area (Å²) < 4.78 is 6.55. The SMILES string of the molecule is Nc1noc(-c2csc(I)c2)c1-c1ccccc1Cl. The number of hydrogen-bond donors (Lipinski definition) is 1. The molecule has 0 amide bonds. The van der Waals surface area contributed by atoms with Crippen molar-refractivity contribution in [2.24, 2.45) is 0 Å². The second-order valence-electron chi connectivity index (χ2n) is 3.89. The Hall–Kier alpha value is -1.05. The molecule has 0 radical (unpaired) electrons. The molecule has 0 saturated heterocycles. The first-order chi connectivity index (χ1) is 9.16. The summed E-state index contributed by atoms with van der Waals surface area (Å²) in [6.07, 6.45) is 0. The molecule has 19 heavy (non-hydrogen) atoms. The predicted octanol–water partition coefficient (Wildman–Crippen LogP) is 4.91. The highest BCUT2D eigenvalue weighted by Gasteiger charge is 2.20. The lowest BCUT2D eigenvalue weighted by Gasteiger charge is -2.03. The van der Waals surface area contributed by atoms with E-state index in [0.29, 0.717) is 16.6 Å². The van der Waals surface area contributed by atoms with Crippen LogP contribution in [0.2, 0.25) is 5.02 Å². The van der Waals surface area contributed by atoms with E-state index in [2.05, 4.69) is 27.7 Å². The number of thiophene rings is 1. The monoisotopic (exact) mass is 402 g/mol. The molecule has 3 aromatic rings. The van der Waals surface area contributed by atoms with Gasteiger partial charge in [0.05, 0.1) is 8.45 Å². The van der Waals surface area contributed by atoms with Crippen LogP contribution >= 0.6 is 45.5 Å². The van der Waals surface area contributed by atoms with Crippen molar-refractivity contribution in [2.75, 3.05) is 5.73 Å². The first-order valence-corrected chi connectivity index (χ1v) is 7.75. The Kier molecular flexibility index (Phi) is 3.51. The molecule has 0 aliphatic heterocycles. The first kappa shape index (κ1) is 13.0. The summed E-state index contributed by atoms with van der Waals surface area (Å²) in [5, 5.41) is 6.51. The van der Waals surface area contributed by atoms with Crippen molar-refractivity contribution in [3.05, 3.63) is 43.6 Å². The minimum Gasteiger partial charge on any atom is -0.380 e. The van der Waals surface area contributed by atoms with Gasteiger partial charge in [0.25, 0.3) is 0 Å². The number of nitrogens with zero attached hydrogens (tertiary/aromatic N) is 1. The molecule has 0 aliphatic rings. The molecular weight excluding hydrogens is 395 g/mol. The number of hydrogen-bond acceptors (Lipinski definition) is 4. The molecule has 6 heteroatoms. The van der Waals surface area contributed by atoms with Crippen molar-refractivity contribution in [3.63, 3.8) is 0 Å². The van der Waals surface area contributed by atoms with Crippen LogP contribution < -0.4 is 5.73 Å². The number of nitrogen functional groups attached to an aromatic ring is 1. The minimum atomic E-state index is 0.351. The van der Waals surface area contributed by atoms with Crippen molar-refractivity contribution in [2.45, 2.75) is 0 Å². The van der Waals surface area contributed by atoms with Crippen molar-refractivity contribution in [1.82, 2.24) is 5.16 Å². The lowest BCUT2D eigenvalue weighted by atomic mass is 10.0. The average Bonchev–Trinajstić information content (AvgIpc) is 2.96. The summed E-state index contributed by atoms with van der Waals surface area (Å²) in [6.45, 7) is 0. The zero-order chi connectivity index (χ0) is 13.4. The largest absolute Gasteiger partial charge is 0.380 e. The number of halogens is 2. The van der Waals surface area contributed by atoms with Gasteiger partial charge in [-0.3, -0.25) is 0 Å². The molecular formula is C13H8ClIN2OS. The van der Waals surface area contributed by atoms with Gasteiger partial charge in [0, 0.05) is 21.5 Å². The fourth-order valence-electron chi connectivity index (χ4n) is 1.85. The molecule has 0 fully saturated rings.